The van der Waals surface area contributed by atoms with Crippen LogP contribution in [-0.4, -0.2) is 55.1 Å². The van der Waals surface area contributed by atoms with Crippen LogP contribution < -0.4 is 10.6 Å². The number of carbonyl (C=O) groups excluding carboxylic acids is 2. The van der Waals surface area contributed by atoms with Gasteiger partial charge in [-0.2, -0.15) is 5.10 Å². The number of sulfone groups is 1. The minimum Gasteiger partial charge on any atom is -0.506 e. The molecule has 3 N–H and O–H groups in total. The van der Waals surface area contributed by atoms with Crippen LogP contribution in [-0.2, 0) is 14.6 Å². The molecule has 0 saturated carbocycles. The molecule has 2 heterocycles. The number of anilines is 2. The SMILES string of the molecule is CCC(C(=O)Nc1cc(O)c(NC(=O)c2cn(-c3cc(Cl)c(Cl)cc3Cl)c(C)n2)cc1-n1ncc(-c2ccccc2)n1)S(=O)(=O)c1cccc(C)c1. The average Bonchev–Trinajstić information content (AvgIpc) is 3.75. The third kappa shape index (κ3) is 7.39. The summed E-state index contributed by atoms with van der Waals surface area (Å²) in [5, 5.41) is 24.7. The van der Waals surface area contributed by atoms with Crippen molar-refractivity contribution < 1.29 is 23.1 Å². The van der Waals surface area contributed by atoms with Crippen LogP contribution in [0.25, 0.3) is 22.6 Å². The molecule has 0 aliphatic carbocycles. The molecule has 2 aromatic heterocycles. The van der Waals surface area contributed by atoms with Crippen molar-refractivity contribution in [2.24, 2.45) is 0 Å². The van der Waals surface area contributed by atoms with E-state index in [4.69, 9.17) is 34.8 Å². The second-order valence-electron chi connectivity index (χ2n) is 11.7. The second kappa shape index (κ2) is 14.8. The number of phenols is 1. The van der Waals surface area contributed by atoms with Gasteiger partial charge in [0.2, 0.25) is 5.91 Å². The molecule has 52 heavy (non-hydrogen) atoms. The molecule has 1 atom stereocenters. The van der Waals surface area contributed by atoms with E-state index in [2.05, 4.69) is 25.8 Å². The minimum atomic E-state index is -4.10. The van der Waals surface area contributed by atoms with Crippen LogP contribution in [0.4, 0.5) is 11.4 Å². The fraction of sp³-hybridized carbons (Fsp3) is 0.139. The number of imidazole rings is 1. The first-order valence-electron chi connectivity index (χ1n) is 15.8. The Morgan fingerprint density at radius 1 is 0.865 bits per heavy atom. The summed E-state index contributed by atoms with van der Waals surface area (Å²) in [6, 6.07) is 21.1. The largest absolute Gasteiger partial charge is 0.506 e. The Balaban J connectivity index is 1.36. The van der Waals surface area contributed by atoms with Crippen molar-refractivity contribution in [1.29, 1.82) is 0 Å². The van der Waals surface area contributed by atoms with Crippen LogP contribution in [0.2, 0.25) is 15.1 Å². The molecule has 12 nitrogen and oxygen atoms in total. The lowest BCUT2D eigenvalue weighted by atomic mass is 10.2. The highest BCUT2D eigenvalue weighted by Gasteiger charge is 2.33. The molecule has 16 heteroatoms. The number of aryl methyl sites for hydroxylation is 2. The fourth-order valence-electron chi connectivity index (χ4n) is 5.49. The maximum atomic E-state index is 13.7. The molecule has 6 rings (SSSR count). The number of aromatic hydroxyl groups is 1. The third-order valence-corrected chi connectivity index (χ3v) is 11.3. The van der Waals surface area contributed by atoms with E-state index in [1.807, 2.05) is 30.3 Å². The third-order valence-electron chi connectivity index (χ3n) is 8.12. The van der Waals surface area contributed by atoms with Gasteiger partial charge in [-0.25, -0.2) is 13.4 Å². The summed E-state index contributed by atoms with van der Waals surface area (Å²) in [4.78, 5) is 32.8. The van der Waals surface area contributed by atoms with Gasteiger partial charge < -0.3 is 20.3 Å². The maximum absolute atomic E-state index is 13.7. The smallest absolute Gasteiger partial charge is 0.275 e. The molecular formula is C36H30Cl3N7O5S. The predicted molar refractivity (Wildman–Crippen MR) is 201 cm³/mol. The van der Waals surface area contributed by atoms with E-state index >= 15 is 0 Å². The normalized spacial score (nSPS) is 12.0. The summed E-state index contributed by atoms with van der Waals surface area (Å²) in [6.07, 6.45) is 2.92. The van der Waals surface area contributed by atoms with Crippen molar-refractivity contribution in [1.82, 2.24) is 24.5 Å². The fourth-order valence-corrected chi connectivity index (χ4v) is 7.85. The van der Waals surface area contributed by atoms with Crippen molar-refractivity contribution >= 4 is 67.8 Å². The molecular weight excluding hydrogens is 749 g/mol. The molecule has 0 bridgehead atoms. The summed E-state index contributed by atoms with van der Waals surface area (Å²) in [6.45, 7) is 5.02. The monoisotopic (exact) mass is 777 g/mol. The average molecular weight is 779 g/mol. The van der Waals surface area contributed by atoms with Crippen LogP contribution in [0.1, 0.15) is 35.2 Å². The van der Waals surface area contributed by atoms with Gasteiger partial charge in [-0.15, -0.1) is 9.90 Å². The van der Waals surface area contributed by atoms with Crippen LogP contribution in [0.5, 0.6) is 5.75 Å². The zero-order valence-corrected chi connectivity index (χ0v) is 30.9. The van der Waals surface area contributed by atoms with Crippen molar-refractivity contribution in [3.63, 3.8) is 0 Å². The van der Waals surface area contributed by atoms with E-state index in [1.54, 1.807) is 43.5 Å². The predicted octanol–water partition coefficient (Wildman–Crippen LogP) is 7.85. The van der Waals surface area contributed by atoms with Crippen LogP contribution in [0.15, 0.2) is 96.2 Å². The van der Waals surface area contributed by atoms with Crippen molar-refractivity contribution in [3.05, 3.63) is 123 Å². The van der Waals surface area contributed by atoms with E-state index in [-0.39, 0.29) is 49.1 Å². The number of phenolic OH excluding ortho intramolecular Hbond substituents is 1. The maximum Gasteiger partial charge on any atom is 0.275 e. The molecule has 0 spiro atoms. The topological polar surface area (TPSA) is 161 Å². The van der Waals surface area contributed by atoms with Crippen molar-refractivity contribution in [2.45, 2.75) is 37.3 Å². The summed E-state index contributed by atoms with van der Waals surface area (Å²) >= 11 is 18.7. The van der Waals surface area contributed by atoms with Gasteiger partial charge in [-0.3, -0.25) is 9.59 Å². The van der Waals surface area contributed by atoms with Gasteiger partial charge >= 0.3 is 0 Å². The number of nitrogens with one attached hydrogen (secondary N) is 2. The first kappa shape index (κ1) is 36.6. The van der Waals surface area contributed by atoms with Gasteiger partial charge in [-0.1, -0.05) is 84.2 Å². The summed E-state index contributed by atoms with van der Waals surface area (Å²) < 4.78 is 28.7. The lowest BCUT2D eigenvalue weighted by Gasteiger charge is -2.19. The van der Waals surface area contributed by atoms with Crippen molar-refractivity contribution in [2.75, 3.05) is 10.6 Å². The van der Waals surface area contributed by atoms with E-state index in [9.17, 15) is 23.1 Å². The van der Waals surface area contributed by atoms with Crippen LogP contribution in [0, 0.1) is 13.8 Å². The Hall–Kier alpha value is -5.21. The minimum absolute atomic E-state index is 0.0102. The number of nitrogens with zero attached hydrogens (tertiary/aromatic N) is 5. The molecule has 1 unspecified atom stereocenters. The van der Waals surface area contributed by atoms with Gasteiger partial charge in [0.05, 0.1) is 43.2 Å². The van der Waals surface area contributed by atoms with Crippen LogP contribution in [0.3, 0.4) is 0 Å². The standard InChI is InChI=1S/C36H30Cl3N7O5S/c1-4-34(52(50,51)23-12-8-9-20(2)13-23)36(49)42-27-17-33(47)28(16-32(27)46-40-18-29(44-46)22-10-6-5-7-11-22)43-35(48)30-19-45(21(3)41-30)31-15-25(38)24(37)14-26(31)39/h5-19,34,47H,4H2,1-3H3,(H,42,49)(H,43,48). The Morgan fingerprint density at radius 3 is 2.31 bits per heavy atom. The summed E-state index contributed by atoms with van der Waals surface area (Å²) in [5.41, 5.74) is 2.43. The number of rotatable bonds is 10. The molecule has 0 radical (unpaired) electrons. The molecule has 0 aliphatic heterocycles. The highest BCUT2D eigenvalue weighted by atomic mass is 35.5. The Morgan fingerprint density at radius 2 is 1.60 bits per heavy atom. The second-order valence-corrected chi connectivity index (χ2v) is 15.1. The van der Waals surface area contributed by atoms with E-state index in [0.717, 1.165) is 11.1 Å². The number of carbonyl (C=O) groups is 2. The van der Waals surface area contributed by atoms with Crippen molar-refractivity contribution in [3.8, 4) is 28.4 Å². The Labute approximate surface area is 313 Å². The number of hydrogen-bond acceptors (Lipinski definition) is 8. The summed E-state index contributed by atoms with van der Waals surface area (Å²) in [7, 11) is -4.10. The number of benzene rings is 4. The number of aromatic nitrogens is 5. The quantitative estimate of drug-likeness (QED) is 0.0937. The molecule has 4 aromatic carbocycles. The van der Waals surface area contributed by atoms with Crippen LogP contribution >= 0.6 is 34.8 Å². The van der Waals surface area contributed by atoms with Gasteiger partial charge in [0, 0.05) is 17.8 Å². The first-order chi connectivity index (χ1) is 24.8. The highest BCUT2D eigenvalue weighted by molar-refractivity contribution is 7.92. The number of amides is 2. The zero-order valence-electron chi connectivity index (χ0n) is 27.8. The molecule has 266 valence electrons. The lowest BCUT2D eigenvalue weighted by Crippen LogP contribution is -2.35. The lowest BCUT2D eigenvalue weighted by molar-refractivity contribution is -0.115. The van der Waals surface area contributed by atoms with Gasteiger partial charge in [0.15, 0.2) is 9.84 Å². The molecule has 0 saturated heterocycles. The molecule has 0 aliphatic rings. The van der Waals surface area contributed by atoms with E-state index in [0.29, 0.717) is 17.2 Å². The first-order valence-corrected chi connectivity index (χ1v) is 18.4. The van der Waals surface area contributed by atoms with E-state index < -0.39 is 32.7 Å². The van der Waals surface area contributed by atoms with Gasteiger partial charge in [-0.05, 0) is 56.2 Å². The Kier molecular flexibility index (Phi) is 10.4. The molecule has 6 aromatic rings. The van der Waals surface area contributed by atoms with Gasteiger partial charge in [0.25, 0.3) is 5.91 Å². The number of halogens is 3. The molecule has 0 fully saturated rings. The highest BCUT2D eigenvalue weighted by Crippen LogP contribution is 2.35. The Bertz CT molecular complexity index is 2450. The van der Waals surface area contributed by atoms with E-state index in [1.165, 1.54) is 47.5 Å². The zero-order chi connectivity index (χ0) is 37.3. The molecule has 2 amide bonds. The number of hydrogen-bond donors (Lipinski definition) is 3. The summed E-state index contributed by atoms with van der Waals surface area (Å²) in [5.74, 6) is -1.56. The van der Waals surface area contributed by atoms with Gasteiger partial charge in [0.1, 0.15) is 33.9 Å².